The van der Waals surface area contributed by atoms with E-state index in [1.165, 1.54) is 0 Å². The number of rotatable bonds is 3. The first-order valence-corrected chi connectivity index (χ1v) is 3.51. The third-order valence-electron chi connectivity index (χ3n) is 1.23. The first kappa shape index (κ1) is 7.78. The summed E-state index contributed by atoms with van der Waals surface area (Å²) in [6.45, 7) is 2.41. The number of H-pyrrole nitrogens is 1. The molecule has 4 heteroatoms. The molecule has 0 aliphatic heterocycles. The van der Waals surface area contributed by atoms with Crippen LogP contribution in [0.3, 0.4) is 0 Å². The Balaban J connectivity index is 2.37. The van der Waals surface area contributed by atoms with Gasteiger partial charge in [0.25, 0.3) is 0 Å². The number of ether oxygens (including phenoxy) is 1. The van der Waals surface area contributed by atoms with E-state index in [0.29, 0.717) is 13.0 Å². The summed E-state index contributed by atoms with van der Waals surface area (Å²) in [6.07, 6.45) is 2.16. The molecule has 0 saturated heterocycles. The molecular weight excluding hydrogens is 142 g/mol. The second-order valence-corrected chi connectivity index (χ2v) is 2.11. The second-order valence-electron chi connectivity index (χ2n) is 2.11. The predicted molar refractivity (Wildman–Crippen MR) is 41.6 cm³/mol. The maximum atomic E-state index is 7.29. The Hall–Kier alpha value is -1.32. The number of aromatic amines is 1. The monoisotopic (exact) mass is 153 g/mol. The van der Waals surface area contributed by atoms with Crippen LogP contribution in [0.2, 0.25) is 0 Å². The summed E-state index contributed by atoms with van der Waals surface area (Å²) in [5.41, 5.74) is 0.906. The van der Waals surface area contributed by atoms with Crippen LogP contribution in [-0.2, 0) is 11.2 Å². The highest BCUT2D eigenvalue weighted by atomic mass is 16.5. The van der Waals surface area contributed by atoms with Crippen LogP contribution in [-0.4, -0.2) is 22.7 Å². The molecule has 1 aromatic heterocycles. The Bertz CT molecular complexity index is 218. The van der Waals surface area contributed by atoms with Gasteiger partial charge in [-0.2, -0.15) is 5.10 Å². The van der Waals surface area contributed by atoms with Gasteiger partial charge in [0, 0.05) is 11.9 Å². The van der Waals surface area contributed by atoms with Gasteiger partial charge in [-0.3, -0.25) is 10.5 Å². The van der Waals surface area contributed by atoms with E-state index >= 15 is 0 Å². The third kappa shape index (κ3) is 2.41. The minimum atomic E-state index is 0.275. The molecule has 0 fully saturated rings. The van der Waals surface area contributed by atoms with E-state index in [-0.39, 0.29) is 5.90 Å². The van der Waals surface area contributed by atoms with Gasteiger partial charge in [0.1, 0.15) is 0 Å². The van der Waals surface area contributed by atoms with Crippen LogP contribution in [0.1, 0.15) is 12.6 Å². The Morgan fingerprint density at radius 3 is 3.18 bits per heavy atom. The quantitative estimate of drug-likeness (QED) is 0.502. The van der Waals surface area contributed by atoms with E-state index in [1.54, 1.807) is 6.20 Å². The van der Waals surface area contributed by atoms with Crippen LogP contribution < -0.4 is 0 Å². The van der Waals surface area contributed by atoms with E-state index in [0.717, 1.165) is 5.69 Å². The van der Waals surface area contributed by atoms with E-state index < -0.39 is 0 Å². The highest BCUT2D eigenvalue weighted by Crippen LogP contribution is 1.94. The van der Waals surface area contributed by atoms with Crippen molar-refractivity contribution < 1.29 is 4.74 Å². The summed E-state index contributed by atoms with van der Waals surface area (Å²) in [6, 6.07) is 1.83. The molecule has 60 valence electrons. The fourth-order valence-corrected chi connectivity index (χ4v) is 0.781. The summed E-state index contributed by atoms with van der Waals surface area (Å²) in [5, 5.41) is 13.8. The van der Waals surface area contributed by atoms with Crippen molar-refractivity contribution >= 4 is 5.90 Å². The van der Waals surface area contributed by atoms with E-state index in [4.69, 9.17) is 10.1 Å². The van der Waals surface area contributed by atoms with Gasteiger partial charge in [-0.25, -0.2) is 0 Å². The molecule has 0 unspecified atom stereocenters. The van der Waals surface area contributed by atoms with Crippen LogP contribution in [0.5, 0.6) is 0 Å². The minimum absolute atomic E-state index is 0.275. The summed E-state index contributed by atoms with van der Waals surface area (Å²) >= 11 is 0. The molecule has 0 aromatic carbocycles. The van der Waals surface area contributed by atoms with Crippen LogP contribution in [0.4, 0.5) is 0 Å². The normalized spacial score (nSPS) is 9.55. The topological polar surface area (TPSA) is 61.8 Å². The van der Waals surface area contributed by atoms with Gasteiger partial charge in [-0.1, -0.05) is 0 Å². The molecule has 11 heavy (non-hydrogen) atoms. The maximum absolute atomic E-state index is 7.29. The van der Waals surface area contributed by atoms with Crippen molar-refractivity contribution in [2.45, 2.75) is 13.3 Å². The molecule has 0 amide bonds. The molecule has 1 heterocycles. The van der Waals surface area contributed by atoms with Crippen molar-refractivity contribution in [1.82, 2.24) is 10.2 Å². The van der Waals surface area contributed by atoms with E-state index in [1.807, 2.05) is 13.0 Å². The number of aromatic nitrogens is 2. The molecular formula is C7H11N3O. The Morgan fingerprint density at radius 1 is 1.82 bits per heavy atom. The number of nitrogens with one attached hydrogen (secondary N) is 2. The number of hydrogen-bond donors (Lipinski definition) is 2. The lowest BCUT2D eigenvalue weighted by molar-refractivity contribution is 0.316. The van der Waals surface area contributed by atoms with Crippen molar-refractivity contribution in [2.24, 2.45) is 0 Å². The van der Waals surface area contributed by atoms with Crippen molar-refractivity contribution in [2.75, 3.05) is 6.61 Å². The zero-order chi connectivity index (χ0) is 8.10. The number of hydrogen-bond acceptors (Lipinski definition) is 3. The van der Waals surface area contributed by atoms with Gasteiger partial charge in [0.15, 0.2) is 5.90 Å². The summed E-state index contributed by atoms with van der Waals surface area (Å²) < 4.78 is 4.95. The van der Waals surface area contributed by atoms with E-state index in [9.17, 15) is 0 Å². The third-order valence-corrected chi connectivity index (χ3v) is 1.23. The van der Waals surface area contributed by atoms with Gasteiger partial charge in [-0.15, -0.1) is 0 Å². The average molecular weight is 153 g/mol. The van der Waals surface area contributed by atoms with Gasteiger partial charge < -0.3 is 4.74 Å². The van der Waals surface area contributed by atoms with Crippen LogP contribution in [0, 0.1) is 5.41 Å². The molecule has 1 aromatic rings. The largest absolute Gasteiger partial charge is 0.481 e. The van der Waals surface area contributed by atoms with Gasteiger partial charge in [0.2, 0.25) is 0 Å². The van der Waals surface area contributed by atoms with Gasteiger partial charge in [-0.05, 0) is 13.0 Å². The standard InChI is InChI=1S/C7H11N3O/c1-2-11-7(8)5-6-3-4-9-10-6/h3-4,8H,2,5H2,1H3,(H,9,10). The summed E-state index contributed by atoms with van der Waals surface area (Å²) in [5.74, 6) is 0.275. The molecule has 0 aliphatic rings. The zero-order valence-corrected chi connectivity index (χ0v) is 6.42. The highest BCUT2D eigenvalue weighted by Gasteiger charge is 1.99. The molecule has 0 radical (unpaired) electrons. The average Bonchev–Trinajstić information content (AvgIpc) is 2.40. The summed E-state index contributed by atoms with van der Waals surface area (Å²) in [7, 11) is 0. The maximum Gasteiger partial charge on any atom is 0.186 e. The smallest absolute Gasteiger partial charge is 0.186 e. The Morgan fingerprint density at radius 2 is 2.64 bits per heavy atom. The molecule has 2 N–H and O–H groups in total. The molecule has 0 aliphatic carbocycles. The minimum Gasteiger partial charge on any atom is -0.481 e. The fourth-order valence-electron chi connectivity index (χ4n) is 0.781. The van der Waals surface area contributed by atoms with Crippen molar-refractivity contribution in [3.63, 3.8) is 0 Å². The molecule has 1 rings (SSSR count). The SMILES string of the molecule is CCOC(=N)Cc1ccn[nH]1. The lowest BCUT2D eigenvalue weighted by Gasteiger charge is -2.01. The van der Waals surface area contributed by atoms with Crippen molar-refractivity contribution in [1.29, 1.82) is 5.41 Å². The first-order chi connectivity index (χ1) is 5.33. The highest BCUT2D eigenvalue weighted by molar-refractivity contribution is 5.74. The van der Waals surface area contributed by atoms with Crippen LogP contribution in [0.25, 0.3) is 0 Å². The molecule has 4 nitrogen and oxygen atoms in total. The number of nitrogens with zero attached hydrogens (tertiary/aromatic N) is 1. The first-order valence-electron chi connectivity index (χ1n) is 3.51. The second kappa shape index (κ2) is 3.75. The fraction of sp³-hybridized carbons (Fsp3) is 0.429. The van der Waals surface area contributed by atoms with Crippen molar-refractivity contribution in [3.8, 4) is 0 Å². The van der Waals surface area contributed by atoms with Crippen molar-refractivity contribution in [3.05, 3.63) is 18.0 Å². The van der Waals surface area contributed by atoms with Gasteiger partial charge in [0.05, 0.1) is 13.0 Å². The Kier molecular flexibility index (Phi) is 2.66. The lowest BCUT2D eigenvalue weighted by Crippen LogP contribution is -2.06. The molecule has 0 bridgehead atoms. The predicted octanol–water partition coefficient (Wildman–Crippen LogP) is 0.966. The van der Waals surface area contributed by atoms with Gasteiger partial charge >= 0.3 is 0 Å². The summed E-state index contributed by atoms with van der Waals surface area (Å²) in [4.78, 5) is 0. The Labute approximate surface area is 65.1 Å². The van der Waals surface area contributed by atoms with E-state index in [2.05, 4.69) is 10.2 Å². The molecule has 0 spiro atoms. The molecule has 0 saturated carbocycles. The van der Waals surface area contributed by atoms with Crippen LogP contribution >= 0.6 is 0 Å². The van der Waals surface area contributed by atoms with Crippen LogP contribution in [0.15, 0.2) is 12.3 Å². The molecule has 0 atom stereocenters. The lowest BCUT2D eigenvalue weighted by atomic mass is 10.3. The zero-order valence-electron chi connectivity index (χ0n) is 6.42.